The van der Waals surface area contributed by atoms with Gasteiger partial charge in [-0.15, -0.1) is 0 Å². The molecule has 23 heavy (non-hydrogen) atoms. The highest BCUT2D eigenvalue weighted by Crippen LogP contribution is 2.21. The number of benzene rings is 1. The second-order valence-electron chi connectivity index (χ2n) is 6.69. The van der Waals surface area contributed by atoms with Gasteiger partial charge in [-0.2, -0.15) is 0 Å². The van der Waals surface area contributed by atoms with E-state index in [1.165, 1.54) is 18.4 Å². The Balaban J connectivity index is 1.63. The zero-order chi connectivity index (χ0) is 16.3. The normalized spacial score (nSPS) is 23.7. The monoisotopic (exact) mass is 335 g/mol. The van der Waals surface area contributed by atoms with Crippen molar-refractivity contribution in [3.05, 3.63) is 35.9 Å². The van der Waals surface area contributed by atoms with Crippen LogP contribution < -0.4 is 5.32 Å². The van der Waals surface area contributed by atoms with Crippen molar-refractivity contribution in [1.29, 1.82) is 0 Å². The van der Waals surface area contributed by atoms with Crippen LogP contribution in [0.3, 0.4) is 0 Å². The van der Waals surface area contributed by atoms with Gasteiger partial charge < -0.3 is 10.2 Å². The number of nitrogens with zero attached hydrogens (tertiary/aromatic N) is 2. The molecule has 1 saturated heterocycles. The lowest BCUT2D eigenvalue weighted by Gasteiger charge is -2.23. The van der Waals surface area contributed by atoms with E-state index in [1.807, 2.05) is 25.2 Å². The average molecular weight is 335 g/mol. The summed E-state index contributed by atoms with van der Waals surface area (Å²) in [5, 5.41) is 3.48. The van der Waals surface area contributed by atoms with E-state index in [2.05, 4.69) is 22.3 Å². The molecule has 1 aromatic carbocycles. The number of nitrogens with one attached hydrogen (secondary N) is 1. The van der Waals surface area contributed by atoms with Gasteiger partial charge in [0.05, 0.1) is 11.5 Å². The zero-order valence-electron chi connectivity index (χ0n) is 13.6. The summed E-state index contributed by atoms with van der Waals surface area (Å²) in [6.45, 7) is 1.38. The summed E-state index contributed by atoms with van der Waals surface area (Å²) in [4.78, 5) is 6.84. The van der Waals surface area contributed by atoms with E-state index in [4.69, 9.17) is 4.99 Å². The first-order valence-corrected chi connectivity index (χ1v) is 10.1. The molecule has 2 fully saturated rings. The molecule has 0 amide bonds. The predicted molar refractivity (Wildman–Crippen MR) is 93.1 cm³/mol. The van der Waals surface area contributed by atoms with Crippen LogP contribution >= 0.6 is 0 Å². The van der Waals surface area contributed by atoms with E-state index >= 15 is 0 Å². The third kappa shape index (κ3) is 4.96. The smallest absolute Gasteiger partial charge is 0.194 e. The molecule has 2 aliphatic rings. The summed E-state index contributed by atoms with van der Waals surface area (Å²) in [6.07, 6.45) is 3.12. The van der Waals surface area contributed by atoms with Gasteiger partial charge in [0.1, 0.15) is 0 Å². The van der Waals surface area contributed by atoms with Gasteiger partial charge in [0.15, 0.2) is 15.8 Å². The van der Waals surface area contributed by atoms with Crippen LogP contribution in [0.1, 0.15) is 24.8 Å². The van der Waals surface area contributed by atoms with Crippen LogP contribution in [0.15, 0.2) is 35.3 Å². The fourth-order valence-corrected chi connectivity index (χ4v) is 4.70. The standard InChI is InChI=1S/C17H25N3O2S/c1-20(12-14-5-3-2-4-6-14)17(19-16-7-8-16)18-11-15-9-10-23(21,22)13-15/h2-6,15-16H,7-13H2,1H3,(H,18,19). The van der Waals surface area contributed by atoms with Gasteiger partial charge in [0.2, 0.25) is 0 Å². The number of hydrogen-bond acceptors (Lipinski definition) is 3. The maximum absolute atomic E-state index is 11.6. The SMILES string of the molecule is CN(Cc1ccccc1)C(=NCC1CCS(=O)(=O)C1)NC1CC1. The zero-order valence-corrected chi connectivity index (χ0v) is 14.4. The first-order chi connectivity index (χ1) is 11.0. The Morgan fingerprint density at radius 1 is 1.26 bits per heavy atom. The molecule has 0 spiro atoms. The van der Waals surface area contributed by atoms with Crippen LogP contribution in [0, 0.1) is 5.92 Å². The van der Waals surface area contributed by atoms with Crippen LogP contribution in [-0.2, 0) is 16.4 Å². The molecule has 1 N–H and O–H groups in total. The molecule has 1 heterocycles. The minimum atomic E-state index is -2.83. The Labute approximate surface area is 138 Å². The van der Waals surface area contributed by atoms with Crippen molar-refractivity contribution in [3.8, 4) is 0 Å². The van der Waals surface area contributed by atoms with Crippen LogP contribution in [0.4, 0.5) is 0 Å². The summed E-state index contributed by atoms with van der Waals surface area (Å²) in [6, 6.07) is 10.8. The Kier molecular flexibility index (Phi) is 4.90. The summed E-state index contributed by atoms with van der Waals surface area (Å²) < 4.78 is 23.1. The van der Waals surface area contributed by atoms with Crippen LogP contribution in [0.25, 0.3) is 0 Å². The number of guanidine groups is 1. The lowest BCUT2D eigenvalue weighted by molar-refractivity contribution is 0.470. The Hall–Kier alpha value is -1.56. The highest BCUT2D eigenvalue weighted by Gasteiger charge is 2.28. The van der Waals surface area contributed by atoms with Crippen molar-refractivity contribution in [2.45, 2.75) is 31.8 Å². The highest BCUT2D eigenvalue weighted by atomic mass is 32.2. The molecule has 0 bridgehead atoms. The van der Waals surface area contributed by atoms with Crippen molar-refractivity contribution in [2.75, 3.05) is 25.1 Å². The molecular weight excluding hydrogens is 310 g/mol. The maximum Gasteiger partial charge on any atom is 0.194 e. The molecular formula is C17H25N3O2S. The Morgan fingerprint density at radius 3 is 2.61 bits per heavy atom. The average Bonchev–Trinajstić information content (AvgIpc) is 3.27. The minimum absolute atomic E-state index is 0.168. The summed E-state index contributed by atoms with van der Waals surface area (Å²) in [5.41, 5.74) is 1.24. The number of hydrogen-bond donors (Lipinski definition) is 1. The molecule has 1 aromatic rings. The van der Waals surface area contributed by atoms with Crippen molar-refractivity contribution in [2.24, 2.45) is 10.9 Å². The number of rotatable bonds is 5. The van der Waals surface area contributed by atoms with Crippen LogP contribution in [0.2, 0.25) is 0 Å². The van der Waals surface area contributed by atoms with Gasteiger partial charge in [-0.1, -0.05) is 30.3 Å². The van der Waals surface area contributed by atoms with E-state index < -0.39 is 9.84 Å². The van der Waals surface area contributed by atoms with Crippen LogP contribution in [-0.4, -0.2) is 50.4 Å². The first-order valence-electron chi connectivity index (χ1n) is 8.28. The summed E-state index contributed by atoms with van der Waals surface area (Å²) in [5.74, 6) is 1.66. The van der Waals surface area contributed by atoms with Gasteiger partial charge in [-0.25, -0.2) is 8.42 Å². The van der Waals surface area contributed by atoms with Crippen molar-refractivity contribution < 1.29 is 8.42 Å². The topological polar surface area (TPSA) is 61.8 Å². The lowest BCUT2D eigenvalue weighted by Crippen LogP contribution is -2.40. The molecule has 0 radical (unpaired) electrons. The quantitative estimate of drug-likeness (QED) is 0.657. The Morgan fingerprint density at radius 2 is 2.00 bits per heavy atom. The van der Waals surface area contributed by atoms with E-state index in [1.54, 1.807) is 0 Å². The van der Waals surface area contributed by atoms with E-state index in [9.17, 15) is 8.42 Å². The maximum atomic E-state index is 11.6. The second-order valence-corrected chi connectivity index (χ2v) is 8.92. The van der Waals surface area contributed by atoms with E-state index in [0.29, 0.717) is 18.3 Å². The molecule has 5 nitrogen and oxygen atoms in total. The fraction of sp³-hybridized carbons (Fsp3) is 0.588. The van der Waals surface area contributed by atoms with Crippen molar-refractivity contribution >= 4 is 15.8 Å². The van der Waals surface area contributed by atoms with E-state index in [0.717, 1.165) is 18.9 Å². The Bertz CT molecular complexity index is 654. The van der Waals surface area contributed by atoms with Crippen molar-refractivity contribution in [1.82, 2.24) is 10.2 Å². The molecule has 0 aromatic heterocycles. The molecule has 1 aliphatic heterocycles. The van der Waals surface area contributed by atoms with Crippen molar-refractivity contribution in [3.63, 3.8) is 0 Å². The highest BCUT2D eigenvalue weighted by molar-refractivity contribution is 7.91. The van der Waals surface area contributed by atoms with Gasteiger partial charge in [-0.05, 0) is 30.7 Å². The number of sulfone groups is 1. The summed E-state index contributed by atoms with van der Waals surface area (Å²) >= 11 is 0. The number of aliphatic imine (C=N–C) groups is 1. The molecule has 1 saturated carbocycles. The third-order valence-electron chi connectivity index (χ3n) is 4.36. The third-order valence-corrected chi connectivity index (χ3v) is 6.20. The summed E-state index contributed by atoms with van der Waals surface area (Å²) in [7, 11) is -0.792. The second kappa shape index (κ2) is 6.91. The minimum Gasteiger partial charge on any atom is -0.354 e. The van der Waals surface area contributed by atoms with Gasteiger partial charge in [0, 0.05) is 26.2 Å². The largest absolute Gasteiger partial charge is 0.354 e. The molecule has 1 atom stereocenters. The molecule has 126 valence electrons. The van der Waals surface area contributed by atoms with Gasteiger partial charge in [0.25, 0.3) is 0 Å². The molecule has 1 unspecified atom stereocenters. The fourth-order valence-electron chi connectivity index (χ4n) is 2.85. The molecule has 3 rings (SSSR count). The van der Waals surface area contributed by atoms with Crippen LogP contribution in [0.5, 0.6) is 0 Å². The predicted octanol–water partition coefficient (Wildman–Crippen LogP) is 1.66. The first kappa shape index (κ1) is 16.3. The lowest BCUT2D eigenvalue weighted by atomic mass is 10.1. The molecule has 1 aliphatic carbocycles. The van der Waals surface area contributed by atoms with Gasteiger partial charge >= 0.3 is 0 Å². The van der Waals surface area contributed by atoms with Gasteiger partial charge in [-0.3, -0.25) is 4.99 Å². The van der Waals surface area contributed by atoms with E-state index in [-0.39, 0.29) is 11.7 Å². The molecule has 6 heteroatoms.